The van der Waals surface area contributed by atoms with Gasteiger partial charge >= 0.3 is 0 Å². The zero-order valence-electron chi connectivity index (χ0n) is 15.4. The van der Waals surface area contributed by atoms with Crippen LogP contribution in [0.25, 0.3) is 11.4 Å². The topological polar surface area (TPSA) is 94.5 Å². The summed E-state index contributed by atoms with van der Waals surface area (Å²) in [5.41, 5.74) is 2.70. The monoisotopic (exact) mass is 409 g/mol. The smallest absolute Gasteiger partial charge is 0.235 e. The van der Waals surface area contributed by atoms with E-state index < -0.39 is 0 Å². The summed E-state index contributed by atoms with van der Waals surface area (Å²) in [6, 6.07) is 12.0. The Kier molecular flexibility index (Phi) is 5.46. The highest BCUT2D eigenvalue weighted by Gasteiger charge is 2.24. The first-order chi connectivity index (χ1) is 13.6. The molecule has 4 rings (SSSR count). The molecule has 28 heavy (non-hydrogen) atoms. The highest BCUT2D eigenvalue weighted by Crippen LogP contribution is 2.39. The van der Waals surface area contributed by atoms with Crippen molar-refractivity contribution in [2.24, 2.45) is 5.92 Å². The predicted octanol–water partition coefficient (Wildman–Crippen LogP) is 4.26. The van der Waals surface area contributed by atoms with Gasteiger partial charge < -0.3 is 5.32 Å². The Bertz CT molecular complexity index is 1030. The second kappa shape index (κ2) is 8.17. The number of fused-ring (bicyclic) bond motifs is 1. The van der Waals surface area contributed by atoms with Crippen molar-refractivity contribution in [1.82, 2.24) is 15.2 Å². The van der Waals surface area contributed by atoms with Gasteiger partial charge in [-0.1, -0.05) is 49.0 Å². The third-order valence-corrected chi connectivity index (χ3v) is 6.74. The molecule has 142 valence electrons. The maximum absolute atomic E-state index is 12.4. The molecule has 1 amide bonds. The number of H-pyrrole nitrogens is 1. The summed E-state index contributed by atoms with van der Waals surface area (Å²) in [4.78, 5) is 18.1. The lowest BCUT2D eigenvalue weighted by Gasteiger charge is -2.17. The number of nitrogens with zero attached hydrogens (tertiary/aromatic N) is 3. The van der Waals surface area contributed by atoms with Gasteiger partial charge in [0.25, 0.3) is 0 Å². The molecule has 1 atom stereocenters. The third kappa shape index (κ3) is 3.96. The summed E-state index contributed by atoms with van der Waals surface area (Å²) >= 11 is 2.81. The minimum Gasteiger partial charge on any atom is -0.316 e. The van der Waals surface area contributed by atoms with E-state index in [2.05, 4.69) is 33.5 Å². The number of amides is 1. The van der Waals surface area contributed by atoms with Crippen LogP contribution in [-0.4, -0.2) is 26.8 Å². The number of rotatable bonds is 5. The van der Waals surface area contributed by atoms with Crippen molar-refractivity contribution in [2.45, 2.75) is 31.3 Å². The van der Waals surface area contributed by atoms with Crippen molar-refractivity contribution in [3.05, 3.63) is 46.3 Å². The first-order valence-electron chi connectivity index (χ1n) is 9.09. The molecule has 0 fully saturated rings. The van der Waals surface area contributed by atoms with Crippen LogP contribution in [0.15, 0.2) is 35.5 Å². The zero-order chi connectivity index (χ0) is 19.5. The van der Waals surface area contributed by atoms with Gasteiger partial charge in [-0.05, 0) is 30.7 Å². The molecule has 2 heterocycles. The number of carbonyl (C=O) groups is 1. The Morgan fingerprint density at radius 2 is 2.25 bits per heavy atom. The molecule has 0 bridgehead atoms. The van der Waals surface area contributed by atoms with E-state index in [0.29, 0.717) is 27.5 Å². The highest BCUT2D eigenvalue weighted by molar-refractivity contribution is 7.99. The maximum atomic E-state index is 12.4. The Morgan fingerprint density at radius 3 is 3.04 bits per heavy atom. The lowest BCUT2D eigenvalue weighted by atomic mass is 9.89. The third-order valence-electron chi connectivity index (χ3n) is 4.72. The van der Waals surface area contributed by atoms with Gasteiger partial charge in [0.05, 0.1) is 11.3 Å². The highest BCUT2D eigenvalue weighted by atomic mass is 32.2. The quantitative estimate of drug-likeness (QED) is 0.614. The SMILES string of the molecule is C[C@H]1CCc2c(sc(NC(=O)CSc3n[nH]c(-c4ccccc4)n3)c2C#N)C1. The van der Waals surface area contributed by atoms with Crippen LogP contribution in [0.2, 0.25) is 0 Å². The van der Waals surface area contributed by atoms with Gasteiger partial charge in [0.15, 0.2) is 5.82 Å². The molecule has 1 aliphatic carbocycles. The number of anilines is 1. The predicted molar refractivity (Wildman–Crippen MR) is 111 cm³/mol. The molecule has 3 aromatic rings. The van der Waals surface area contributed by atoms with Crippen molar-refractivity contribution < 1.29 is 4.79 Å². The number of nitriles is 1. The lowest BCUT2D eigenvalue weighted by molar-refractivity contribution is -0.113. The fourth-order valence-corrected chi connectivity index (χ4v) is 5.26. The van der Waals surface area contributed by atoms with Gasteiger partial charge in [0.2, 0.25) is 11.1 Å². The Hall–Kier alpha value is -2.63. The molecule has 2 aromatic heterocycles. The van der Waals surface area contributed by atoms with Gasteiger partial charge in [-0.25, -0.2) is 4.98 Å². The number of aromatic nitrogens is 3. The van der Waals surface area contributed by atoms with E-state index in [1.807, 2.05) is 30.3 Å². The van der Waals surface area contributed by atoms with E-state index in [0.717, 1.165) is 30.4 Å². The molecule has 1 aliphatic rings. The molecule has 8 heteroatoms. The van der Waals surface area contributed by atoms with Gasteiger partial charge in [0, 0.05) is 10.4 Å². The molecule has 0 aliphatic heterocycles. The number of hydrogen-bond acceptors (Lipinski definition) is 6. The molecule has 6 nitrogen and oxygen atoms in total. The van der Waals surface area contributed by atoms with Crippen LogP contribution in [0.4, 0.5) is 5.00 Å². The summed E-state index contributed by atoms with van der Waals surface area (Å²) in [5.74, 6) is 1.34. The molecular weight excluding hydrogens is 390 g/mol. The molecule has 2 N–H and O–H groups in total. The van der Waals surface area contributed by atoms with Crippen LogP contribution in [0, 0.1) is 17.2 Å². The largest absolute Gasteiger partial charge is 0.316 e. The van der Waals surface area contributed by atoms with Gasteiger partial charge in [-0.3, -0.25) is 9.89 Å². The van der Waals surface area contributed by atoms with Crippen molar-refractivity contribution in [2.75, 3.05) is 11.1 Å². The average molecular weight is 410 g/mol. The van der Waals surface area contributed by atoms with Crippen LogP contribution in [0.1, 0.15) is 29.3 Å². The van der Waals surface area contributed by atoms with E-state index >= 15 is 0 Å². The van der Waals surface area contributed by atoms with Crippen LogP contribution >= 0.6 is 23.1 Å². The van der Waals surface area contributed by atoms with Gasteiger partial charge in [-0.2, -0.15) is 5.26 Å². The van der Waals surface area contributed by atoms with E-state index in [9.17, 15) is 10.1 Å². The number of thiophene rings is 1. The number of benzene rings is 1. The summed E-state index contributed by atoms with van der Waals surface area (Å²) in [7, 11) is 0. The normalized spacial score (nSPS) is 15.6. The van der Waals surface area contributed by atoms with E-state index in [4.69, 9.17) is 0 Å². The molecular formula is C20H19N5OS2. The molecule has 0 spiro atoms. The van der Waals surface area contributed by atoms with Crippen molar-refractivity contribution in [1.29, 1.82) is 5.26 Å². The molecule has 0 saturated heterocycles. The fourth-order valence-electron chi connectivity index (χ4n) is 3.29. The number of nitrogens with one attached hydrogen (secondary N) is 2. The Balaban J connectivity index is 1.39. The van der Waals surface area contributed by atoms with E-state index in [1.54, 1.807) is 11.3 Å². The number of carbonyl (C=O) groups excluding carboxylic acids is 1. The van der Waals surface area contributed by atoms with Crippen LogP contribution in [0.5, 0.6) is 0 Å². The zero-order valence-corrected chi connectivity index (χ0v) is 17.0. The molecule has 0 radical (unpaired) electrons. The number of hydrogen-bond donors (Lipinski definition) is 2. The lowest BCUT2D eigenvalue weighted by Crippen LogP contribution is -2.14. The minimum atomic E-state index is -0.154. The number of thioether (sulfide) groups is 1. The molecule has 0 unspecified atom stereocenters. The average Bonchev–Trinajstić information content (AvgIpc) is 3.31. The van der Waals surface area contributed by atoms with E-state index in [-0.39, 0.29) is 11.7 Å². The van der Waals surface area contributed by atoms with Gasteiger partial charge in [0.1, 0.15) is 11.1 Å². The summed E-state index contributed by atoms with van der Waals surface area (Å²) in [6.45, 7) is 2.23. The molecule has 1 aromatic carbocycles. The Labute approximate surface area is 171 Å². The summed E-state index contributed by atoms with van der Waals surface area (Å²) < 4.78 is 0. The second-order valence-electron chi connectivity index (χ2n) is 6.84. The standard InChI is InChI=1S/C20H19N5OS2/c1-12-7-8-14-15(10-21)19(28-16(14)9-12)22-17(26)11-27-20-23-18(24-25-20)13-5-3-2-4-6-13/h2-6,12H,7-9,11H2,1H3,(H,22,26)(H,23,24,25)/t12-/m0/s1. The molecule has 0 saturated carbocycles. The van der Waals surface area contributed by atoms with Crippen molar-refractivity contribution in [3.8, 4) is 17.5 Å². The van der Waals surface area contributed by atoms with Crippen molar-refractivity contribution >= 4 is 34.0 Å². The van der Waals surface area contributed by atoms with Crippen LogP contribution in [0.3, 0.4) is 0 Å². The first-order valence-corrected chi connectivity index (χ1v) is 10.9. The summed E-state index contributed by atoms with van der Waals surface area (Å²) in [6.07, 6.45) is 2.99. The maximum Gasteiger partial charge on any atom is 0.235 e. The second-order valence-corrected chi connectivity index (χ2v) is 8.88. The summed E-state index contributed by atoms with van der Waals surface area (Å²) in [5, 5.41) is 20.7. The van der Waals surface area contributed by atoms with Gasteiger partial charge in [-0.15, -0.1) is 16.4 Å². The van der Waals surface area contributed by atoms with Crippen LogP contribution in [-0.2, 0) is 17.6 Å². The first kappa shape index (κ1) is 18.7. The Morgan fingerprint density at radius 1 is 1.43 bits per heavy atom. The fraction of sp³-hybridized carbons (Fsp3) is 0.300. The van der Waals surface area contributed by atoms with Crippen LogP contribution < -0.4 is 5.32 Å². The van der Waals surface area contributed by atoms with E-state index in [1.165, 1.54) is 16.6 Å². The minimum absolute atomic E-state index is 0.154. The van der Waals surface area contributed by atoms with Crippen molar-refractivity contribution in [3.63, 3.8) is 0 Å². The number of aromatic amines is 1.